The molecule has 0 atom stereocenters. The molecule has 0 radical (unpaired) electrons. The van der Waals surface area contributed by atoms with E-state index in [9.17, 15) is 13.2 Å². The summed E-state index contributed by atoms with van der Waals surface area (Å²) in [7, 11) is 0. The number of hydrogen-bond acceptors (Lipinski definition) is 0. The molecule has 1 rings (SSSR count). The molecule has 0 amide bonds. The van der Waals surface area contributed by atoms with Crippen molar-refractivity contribution in [1.82, 2.24) is 0 Å². The Labute approximate surface area is 107 Å². The first-order valence-corrected chi connectivity index (χ1v) is 6.03. The fourth-order valence-corrected chi connectivity index (χ4v) is 1.87. The molecule has 1 aromatic rings. The normalized spacial score (nSPS) is 13.8. The van der Waals surface area contributed by atoms with Gasteiger partial charge in [-0.2, -0.15) is 13.2 Å². The van der Waals surface area contributed by atoms with E-state index >= 15 is 0 Å². The highest BCUT2D eigenvalue weighted by Gasteiger charge is 2.40. The third kappa shape index (κ3) is 4.55. The van der Waals surface area contributed by atoms with E-state index in [1.165, 1.54) is 6.08 Å². The van der Waals surface area contributed by atoms with Crippen molar-refractivity contribution < 1.29 is 13.2 Å². The van der Waals surface area contributed by atoms with E-state index in [1.807, 2.05) is 30.3 Å². The van der Waals surface area contributed by atoms with E-state index < -0.39 is 17.2 Å². The highest BCUT2D eigenvalue weighted by molar-refractivity contribution is 5.19. The van der Waals surface area contributed by atoms with Crippen molar-refractivity contribution in [3.05, 3.63) is 47.5 Å². The summed E-state index contributed by atoms with van der Waals surface area (Å²) in [5.74, 6) is 0. The summed E-state index contributed by atoms with van der Waals surface area (Å²) in [4.78, 5) is 0. The molecule has 100 valence electrons. The molecule has 0 spiro atoms. The largest absolute Gasteiger partial charge is 0.412 e. The molecular weight excluding hydrogens is 237 g/mol. The van der Waals surface area contributed by atoms with Crippen molar-refractivity contribution in [3.8, 4) is 0 Å². The second-order valence-corrected chi connectivity index (χ2v) is 5.39. The predicted octanol–water partition coefficient (Wildman–Crippen LogP) is 5.15. The molecule has 1 aromatic carbocycles. The Morgan fingerprint density at radius 1 is 1.06 bits per heavy atom. The molecule has 0 nitrogen and oxygen atoms in total. The number of rotatable bonds is 3. The maximum absolute atomic E-state index is 12.9. The van der Waals surface area contributed by atoms with Crippen LogP contribution in [0.1, 0.15) is 32.8 Å². The Hall–Kier alpha value is -1.25. The Bertz CT molecular complexity index is 378. The van der Waals surface area contributed by atoms with Crippen molar-refractivity contribution in [3.63, 3.8) is 0 Å². The summed E-state index contributed by atoms with van der Waals surface area (Å²) >= 11 is 0. The van der Waals surface area contributed by atoms with E-state index in [2.05, 4.69) is 0 Å². The fraction of sp³-hybridized carbons (Fsp3) is 0.467. The van der Waals surface area contributed by atoms with E-state index in [0.29, 0.717) is 12.8 Å². The van der Waals surface area contributed by atoms with Crippen LogP contribution in [0.25, 0.3) is 0 Å². The number of alkyl halides is 3. The summed E-state index contributed by atoms with van der Waals surface area (Å²) < 4.78 is 38.6. The van der Waals surface area contributed by atoms with Gasteiger partial charge in [0, 0.05) is 5.57 Å². The minimum Gasteiger partial charge on any atom is -0.166 e. The summed E-state index contributed by atoms with van der Waals surface area (Å²) in [6, 6.07) is 9.55. The number of aryl methyl sites for hydroxylation is 1. The van der Waals surface area contributed by atoms with Gasteiger partial charge in [-0.15, -0.1) is 0 Å². The smallest absolute Gasteiger partial charge is 0.166 e. The minimum atomic E-state index is -4.24. The molecule has 0 heterocycles. The van der Waals surface area contributed by atoms with E-state index in [0.717, 1.165) is 5.56 Å². The SMILES string of the molecule is CC(C)(C)/C(=C\CCc1ccccc1)C(F)(F)F. The average molecular weight is 256 g/mol. The Balaban J connectivity index is 2.74. The van der Waals surface area contributed by atoms with Crippen LogP contribution in [0, 0.1) is 5.41 Å². The van der Waals surface area contributed by atoms with Crippen molar-refractivity contribution in [2.45, 2.75) is 39.8 Å². The number of hydrogen-bond donors (Lipinski definition) is 0. The zero-order chi connectivity index (χ0) is 13.8. The molecule has 0 bridgehead atoms. The second kappa shape index (κ2) is 5.59. The van der Waals surface area contributed by atoms with Gasteiger partial charge in [-0.1, -0.05) is 57.2 Å². The number of benzene rings is 1. The van der Waals surface area contributed by atoms with Crippen LogP contribution in [0.15, 0.2) is 42.0 Å². The summed E-state index contributed by atoms with van der Waals surface area (Å²) in [6.07, 6.45) is -1.87. The number of allylic oxidation sites excluding steroid dienone is 2. The lowest BCUT2D eigenvalue weighted by molar-refractivity contribution is -0.104. The van der Waals surface area contributed by atoms with Crippen molar-refractivity contribution in [2.75, 3.05) is 0 Å². The summed E-state index contributed by atoms with van der Waals surface area (Å²) in [6.45, 7) is 4.78. The molecule has 0 unspecified atom stereocenters. The van der Waals surface area contributed by atoms with Gasteiger partial charge >= 0.3 is 6.18 Å². The highest BCUT2D eigenvalue weighted by Crippen LogP contribution is 2.39. The average Bonchev–Trinajstić information content (AvgIpc) is 2.22. The van der Waals surface area contributed by atoms with Crippen LogP contribution < -0.4 is 0 Å². The first-order chi connectivity index (χ1) is 8.21. The van der Waals surface area contributed by atoms with Crippen LogP contribution in [0.3, 0.4) is 0 Å². The Kier molecular flexibility index (Phi) is 4.60. The fourth-order valence-electron chi connectivity index (χ4n) is 1.87. The van der Waals surface area contributed by atoms with Gasteiger partial charge in [0.15, 0.2) is 0 Å². The Morgan fingerprint density at radius 2 is 1.61 bits per heavy atom. The number of halogens is 3. The molecule has 0 saturated heterocycles. The maximum atomic E-state index is 12.9. The van der Waals surface area contributed by atoms with Crippen LogP contribution in [-0.2, 0) is 6.42 Å². The van der Waals surface area contributed by atoms with Gasteiger partial charge in [-0.3, -0.25) is 0 Å². The molecular formula is C15H19F3. The first kappa shape index (κ1) is 14.8. The van der Waals surface area contributed by atoms with Crippen LogP contribution in [0.2, 0.25) is 0 Å². The highest BCUT2D eigenvalue weighted by atomic mass is 19.4. The zero-order valence-electron chi connectivity index (χ0n) is 11.0. The van der Waals surface area contributed by atoms with Gasteiger partial charge < -0.3 is 0 Å². The van der Waals surface area contributed by atoms with Gasteiger partial charge in [-0.25, -0.2) is 0 Å². The molecule has 0 fully saturated rings. The molecule has 0 aliphatic heterocycles. The summed E-state index contributed by atoms with van der Waals surface area (Å²) in [5, 5.41) is 0. The topological polar surface area (TPSA) is 0 Å². The van der Waals surface area contributed by atoms with Gasteiger partial charge in [-0.05, 0) is 23.8 Å². The second-order valence-electron chi connectivity index (χ2n) is 5.39. The molecule has 0 aliphatic carbocycles. The molecule has 0 saturated carbocycles. The van der Waals surface area contributed by atoms with Gasteiger partial charge in [0.25, 0.3) is 0 Å². The van der Waals surface area contributed by atoms with Crippen LogP contribution >= 0.6 is 0 Å². The van der Waals surface area contributed by atoms with Crippen molar-refractivity contribution in [1.29, 1.82) is 0 Å². The molecule has 0 aliphatic rings. The monoisotopic (exact) mass is 256 g/mol. The van der Waals surface area contributed by atoms with Crippen LogP contribution in [-0.4, -0.2) is 6.18 Å². The molecule has 0 N–H and O–H groups in total. The minimum absolute atomic E-state index is 0.413. The molecule has 18 heavy (non-hydrogen) atoms. The Morgan fingerprint density at radius 3 is 2.06 bits per heavy atom. The van der Waals surface area contributed by atoms with E-state index in [4.69, 9.17) is 0 Å². The van der Waals surface area contributed by atoms with E-state index in [1.54, 1.807) is 20.8 Å². The van der Waals surface area contributed by atoms with Gasteiger partial charge in [0.1, 0.15) is 0 Å². The molecule has 3 heteroatoms. The van der Waals surface area contributed by atoms with E-state index in [-0.39, 0.29) is 0 Å². The van der Waals surface area contributed by atoms with Crippen LogP contribution in [0.4, 0.5) is 13.2 Å². The lowest BCUT2D eigenvalue weighted by Crippen LogP contribution is -2.24. The third-order valence-corrected chi connectivity index (χ3v) is 2.74. The molecule has 0 aromatic heterocycles. The summed E-state index contributed by atoms with van der Waals surface area (Å²) in [5.41, 5.74) is -0.246. The quantitative estimate of drug-likeness (QED) is 0.656. The predicted molar refractivity (Wildman–Crippen MR) is 68.4 cm³/mol. The van der Waals surface area contributed by atoms with Crippen molar-refractivity contribution >= 4 is 0 Å². The maximum Gasteiger partial charge on any atom is 0.412 e. The van der Waals surface area contributed by atoms with Gasteiger partial charge in [0.05, 0.1) is 0 Å². The lowest BCUT2D eigenvalue weighted by atomic mass is 9.85. The first-order valence-electron chi connectivity index (χ1n) is 6.03. The lowest BCUT2D eigenvalue weighted by Gasteiger charge is -2.25. The van der Waals surface area contributed by atoms with Crippen molar-refractivity contribution in [2.24, 2.45) is 5.41 Å². The zero-order valence-corrected chi connectivity index (χ0v) is 11.0. The third-order valence-electron chi connectivity index (χ3n) is 2.74. The van der Waals surface area contributed by atoms with Gasteiger partial charge in [0.2, 0.25) is 0 Å². The standard InChI is InChI=1S/C15H19F3/c1-14(2,3)13(15(16,17)18)11-7-10-12-8-5-4-6-9-12/h4-6,8-9,11H,7,10H2,1-3H3/b13-11+. The van der Waals surface area contributed by atoms with Crippen LogP contribution in [0.5, 0.6) is 0 Å².